The number of carbonyl (C=O) groups excluding carboxylic acids is 2. The van der Waals surface area contributed by atoms with Gasteiger partial charge in [-0.2, -0.15) is 0 Å². The second kappa shape index (κ2) is 13.6. The van der Waals surface area contributed by atoms with E-state index in [0.717, 1.165) is 62.9 Å². The number of amides is 1. The molecule has 6 nitrogen and oxygen atoms in total. The first-order valence-corrected chi connectivity index (χ1v) is 14.0. The van der Waals surface area contributed by atoms with E-state index in [2.05, 4.69) is 22.3 Å². The second-order valence-electron chi connectivity index (χ2n) is 10.6. The summed E-state index contributed by atoms with van der Waals surface area (Å²) in [6.07, 6.45) is 7.97. The summed E-state index contributed by atoms with van der Waals surface area (Å²) in [5.74, 6) is 1.10. The normalized spacial score (nSPS) is 19.4. The average Bonchev–Trinajstić information content (AvgIpc) is 3.20. The van der Waals surface area contributed by atoms with Crippen molar-refractivity contribution in [1.29, 1.82) is 0 Å². The van der Waals surface area contributed by atoms with Crippen LogP contribution in [-0.4, -0.2) is 55.7 Å². The Balaban J connectivity index is 1.21. The molecule has 1 N–H and O–H groups in total. The Morgan fingerprint density at radius 3 is 2.22 bits per heavy atom. The lowest BCUT2D eigenvalue weighted by Gasteiger charge is -2.37. The summed E-state index contributed by atoms with van der Waals surface area (Å²) >= 11 is 0. The molecule has 1 amide bonds. The lowest BCUT2D eigenvalue weighted by atomic mass is 9.74. The van der Waals surface area contributed by atoms with Crippen molar-refractivity contribution < 1.29 is 19.1 Å². The minimum absolute atomic E-state index is 0.0211. The van der Waals surface area contributed by atoms with E-state index < -0.39 is 5.41 Å². The molecule has 200 valence electrons. The molecular formula is C31H42N2O4. The molecule has 0 unspecified atom stereocenters. The predicted octanol–water partition coefficient (Wildman–Crippen LogP) is 5.12. The Labute approximate surface area is 221 Å². The lowest BCUT2D eigenvalue weighted by Crippen LogP contribution is -2.45. The van der Waals surface area contributed by atoms with Crippen LogP contribution in [0.5, 0.6) is 5.75 Å². The van der Waals surface area contributed by atoms with Crippen LogP contribution in [0.1, 0.15) is 63.9 Å². The van der Waals surface area contributed by atoms with Crippen molar-refractivity contribution in [3.63, 3.8) is 0 Å². The van der Waals surface area contributed by atoms with Crippen LogP contribution in [-0.2, 0) is 19.7 Å². The lowest BCUT2D eigenvalue weighted by molar-refractivity contribution is -0.159. The monoisotopic (exact) mass is 506 g/mol. The molecule has 37 heavy (non-hydrogen) atoms. The molecule has 4 rings (SSSR count). The highest BCUT2D eigenvalue weighted by Gasteiger charge is 2.43. The van der Waals surface area contributed by atoms with E-state index in [1.807, 2.05) is 55.5 Å². The molecule has 1 atom stereocenters. The summed E-state index contributed by atoms with van der Waals surface area (Å²) < 4.78 is 11.8. The van der Waals surface area contributed by atoms with Crippen LogP contribution in [0.15, 0.2) is 60.7 Å². The molecule has 2 aromatic rings. The van der Waals surface area contributed by atoms with Crippen LogP contribution in [0.25, 0.3) is 0 Å². The predicted molar refractivity (Wildman–Crippen MR) is 145 cm³/mol. The first kappa shape index (κ1) is 27.2. The third kappa shape index (κ3) is 7.57. The fourth-order valence-electron chi connectivity index (χ4n) is 5.79. The van der Waals surface area contributed by atoms with E-state index in [1.165, 1.54) is 12.8 Å². The number of para-hydroxylation sites is 1. The van der Waals surface area contributed by atoms with E-state index in [0.29, 0.717) is 25.6 Å². The van der Waals surface area contributed by atoms with Crippen molar-refractivity contribution in [2.24, 2.45) is 5.92 Å². The number of nitrogens with zero attached hydrogens (tertiary/aromatic N) is 1. The molecule has 1 saturated heterocycles. The quantitative estimate of drug-likeness (QED) is 0.275. The van der Waals surface area contributed by atoms with Gasteiger partial charge in [0, 0.05) is 0 Å². The molecule has 0 radical (unpaired) electrons. The Morgan fingerprint density at radius 1 is 0.946 bits per heavy atom. The van der Waals surface area contributed by atoms with Gasteiger partial charge in [0.05, 0.1) is 18.5 Å². The number of carbonyl (C=O) groups is 2. The van der Waals surface area contributed by atoms with Crippen LogP contribution in [0.2, 0.25) is 0 Å². The van der Waals surface area contributed by atoms with E-state index >= 15 is 0 Å². The van der Waals surface area contributed by atoms with Crippen molar-refractivity contribution in [1.82, 2.24) is 10.2 Å². The molecule has 1 heterocycles. The van der Waals surface area contributed by atoms with Gasteiger partial charge in [-0.3, -0.25) is 14.5 Å². The number of piperidine rings is 1. The molecule has 1 aliphatic carbocycles. The van der Waals surface area contributed by atoms with Gasteiger partial charge in [-0.25, -0.2) is 0 Å². The third-order valence-electron chi connectivity index (χ3n) is 8.07. The van der Waals surface area contributed by atoms with Gasteiger partial charge in [0.1, 0.15) is 18.5 Å². The molecule has 2 fully saturated rings. The average molecular weight is 507 g/mol. The SMILES string of the molecule is C[C@H](OC(=O)C1(c2ccccc2)CCCCCC1)C1CCN(CC(=O)NCCOc2ccccc2)CC1. The topological polar surface area (TPSA) is 67.9 Å². The fraction of sp³-hybridized carbons (Fsp3) is 0.548. The van der Waals surface area contributed by atoms with Crippen molar-refractivity contribution in [2.45, 2.75) is 69.8 Å². The van der Waals surface area contributed by atoms with Crippen molar-refractivity contribution >= 4 is 11.9 Å². The van der Waals surface area contributed by atoms with Crippen LogP contribution in [0, 0.1) is 5.92 Å². The molecule has 0 spiro atoms. The third-order valence-corrected chi connectivity index (χ3v) is 8.07. The maximum Gasteiger partial charge on any atom is 0.316 e. The number of esters is 1. The van der Waals surface area contributed by atoms with Gasteiger partial charge >= 0.3 is 5.97 Å². The number of benzene rings is 2. The minimum atomic E-state index is -0.519. The summed E-state index contributed by atoms with van der Waals surface area (Å²) in [5, 5.41) is 2.95. The van der Waals surface area contributed by atoms with Crippen LogP contribution < -0.4 is 10.1 Å². The zero-order valence-electron chi connectivity index (χ0n) is 22.2. The molecular weight excluding hydrogens is 464 g/mol. The zero-order chi connectivity index (χ0) is 25.9. The second-order valence-corrected chi connectivity index (χ2v) is 10.6. The standard InChI is InChI=1S/C31H42N2O4/c1-25(37-30(35)31(18-10-2-3-11-19-31)27-12-6-4-7-13-27)26-16-21-33(22-17-26)24-29(34)32-20-23-36-28-14-8-5-9-15-28/h4-9,12-15,25-26H,2-3,10-11,16-24H2,1H3,(H,32,34)/t25-/m0/s1. The Morgan fingerprint density at radius 2 is 1.57 bits per heavy atom. The summed E-state index contributed by atoms with van der Waals surface area (Å²) in [7, 11) is 0. The highest BCUT2D eigenvalue weighted by molar-refractivity contribution is 5.83. The number of likely N-dealkylation sites (tertiary alicyclic amines) is 1. The summed E-state index contributed by atoms with van der Waals surface area (Å²) in [4.78, 5) is 28.2. The van der Waals surface area contributed by atoms with Crippen molar-refractivity contribution in [3.05, 3.63) is 66.2 Å². The van der Waals surface area contributed by atoms with Gasteiger partial charge in [-0.15, -0.1) is 0 Å². The van der Waals surface area contributed by atoms with Gasteiger partial charge in [0.25, 0.3) is 0 Å². The first-order valence-electron chi connectivity index (χ1n) is 14.0. The van der Waals surface area contributed by atoms with Crippen LogP contribution >= 0.6 is 0 Å². The summed E-state index contributed by atoms with van der Waals surface area (Å²) in [6, 6.07) is 19.9. The van der Waals surface area contributed by atoms with E-state index in [-0.39, 0.29) is 18.0 Å². The molecule has 2 aliphatic rings. The number of ether oxygens (including phenoxy) is 2. The van der Waals surface area contributed by atoms with Gasteiger partial charge in [-0.05, 0) is 69.3 Å². The Hall–Kier alpha value is -2.86. The number of hydrogen-bond acceptors (Lipinski definition) is 5. The summed E-state index contributed by atoms with van der Waals surface area (Å²) in [5.41, 5.74) is 0.582. The molecule has 2 aromatic carbocycles. The number of nitrogens with one attached hydrogen (secondary N) is 1. The highest BCUT2D eigenvalue weighted by Crippen LogP contribution is 2.40. The summed E-state index contributed by atoms with van der Waals surface area (Å²) in [6.45, 7) is 5.05. The first-order chi connectivity index (χ1) is 18.1. The Bertz CT molecular complexity index is 965. The van der Waals surface area contributed by atoms with Gasteiger partial charge in [0.2, 0.25) is 5.91 Å². The molecule has 0 aromatic heterocycles. The number of rotatable bonds is 10. The van der Waals surface area contributed by atoms with E-state index in [4.69, 9.17) is 9.47 Å². The Kier molecular flexibility index (Phi) is 10.0. The number of hydrogen-bond donors (Lipinski definition) is 1. The van der Waals surface area contributed by atoms with E-state index in [9.17, 15) is 9.59 Å². The van der Waals surface area contributed by atoms with E-state index in [1.54, 1.807) is 0 Å². The maximum absolute atomic E-state index is 13.7. The largest absolute Gasteiger partial charge is 0.492 e. The van der Waals surface area contributed by atoms with Gasteiger partial charge < -0.3 is 14.8 Å². The van der Waals surface area contributed by atoms with Crippen molar-refractivity contribution in [3.8, 4) is 5.75 Å². The van der Waals surface area contributed by atoms with Crippen LogP contribution in [0.3, 0.4) is 0 Å². The van der Waals surface area contributed by atoms with Gasteiger partial charge in [-0.1, -0.05) is 74.2 Å². The molecule has 6 heteroatoms. The van der Waals surface area contributed by atoms with Crippen LogP contribution in [0.4, 0.5) is 0 Å². The maximum atomic E-state index is 13.7. The zero-order valence-corrected chi connectivity index (χ0v) is 22.2. The minimum Gasteiger partial charge on any atom is -0.492 e. The highest BCUT2D eigenvalue weighted by atomic mass is 16.5. The molecule has 0 bridgehead atoms. The van der Waals surface area contributed by atoms with Gasteiger partial charge in [0.15, 0.2) is 0 Å². The molecule has 1 saturated carbocycles. The smallest absolute Gasteiger partial charge is 0.316 e. The van der Waals surface area contributed by atoms with Crippen molar-refractivity contribution in [2.75, 3.05) is 32.8 Å². The fourth-order valence-corrected chi connectivity index (χ4v) is 5.79. The molecule has 1 aliphatic heterocycles.